The van der Waals surface area contributed by atoms with E-state index in [0.717, 1.165) is 0 Å². The highest BCUT2D eigenvalue weighted by Gasteiger charge is 2.19. The molecular weight excluding hydrogens is 376 g/mol. The van der Waals surface area contributed by atoms with E-state index in [1.165, 1.54) is 26.4 Å². The van der Waals surface area contributed by atoms with Crippen LogP contribution in [0, 0.1) is 0 Å². The number of esters is 2. The highest BCUT2D eigenvalue weighted by atomic mass is 32.2. The quantitative estimate of drug-likeness (QED) is 0.669. The lowest BCUT2D eigenvalue weighted by molar-refractivity contribution is 0.0588. The summed E-state index contributed by atoms with van der Waals surface area (Å²) in [5, 5.41) is 0. The van der Waals surface area contributed by atoms with Crippen molar-refractivity contribution in [1.29, 1.82) is 0 Å². The van der Waals surface area contributed by atoms with Crippen LogP contribution >= 0.6 is 0 Å². The first kappa shape index (κ1) is 20.0. The fourth-order valence-electron chi connectivity index (χ4n) is 2.26. The topological polar surface area (TPSA) is 86.7 Å². The minimum Gasteiger partial charge on any atom is -0.465 e. The highest BCUT2D eigenvalue weighted by molar-refractivity contribution is 7.89. The van der Waals surface area contributed by atoms with E-state index in [9.17, 15) is 18.0 Å². The van der Waals surface area contributed by atoms with E-state index in [2.05, 4.69) is 0 Å². The van der Waals surface area contributed by atoms with Gasteiger partial charge in [0.2, 0.25) is 0 Å². The van der Waals surface area contributed by atoms with Crippen LogP contribution in [0.3, 0.4) is 0 Å². The summed E-state index contributed by atoms with van der Waals surface area (Å²) in [6.45, 7) is 0. The summed E-state index contributed by atoms with van der Waals surface area (Å²) in [6, 6.07) is 12.9. The zero-order valence-electron chi connectivity index (χ0n) is 14.3. The van der Waals surface area contributed by atoms with Crippen LogP contribution in [0.15, 0.2) is 58.3 Å². The Morgan fingerprint density at radius 3 is 1.42 bits per heavy atom. The van der Waals surface area contributed by atoms with Crippen molar-refractivity contribution < 1.29 is 27.5 Å². The summed E-state index contributed by atoms with van der Waals surface area (Å²) in [4.78, 5) is 24.2. The summed E-state index contributed by atoms with van der Waals surface area (Å²) in [6.07, 6.45) is 0. The van der Waals surface area contributed by atoms with Gasteiger partial charge in [-0.1, -0.05) is 24.3 Å². The fourth-order valence-corrected chi connectivity index (χ4v) is 5.16. The first-order chi connectivity index (χ1) is 12.5. The molecule has 0 radical (unpaired) electrons. The van der Waals surface area contributed by atoms with Crippen molar-refractivity contribution in [2.24, 2.45) is 0 Å². The van der Waals surface area contributed by atoms with Crippen LogP contribution in [-0.2, 0) is 31.1 Å². The number of ether oxygens (including phenoxy) is 2. The number of methoxy groups -OCH3 is 2. The lowest BCUT2D eigenvalue weighted by Crippen LogP contribution is -2.14. The van der Waals surface area contributed by atoms with Crippen LogP contribution < -0.4 is 0 Å². The zero-order valence-corrected chi connectivity index (χ0v) is 15.9. The molecular formula is C18H18O6S2. The van der Waals surface area contributed by atoms with Crippen molar-refractivity contribution >= 4 is 33.5 Å². The maximum absolute atomic E-state index is 12.6. The van der Waals surface area contributed by atoms with Gasteiger partial charge in [-0.15, -0.1) is 0 Å². The molecule has 2 atom stereocenters. The van der Waals surface area contributed by atoms with E-state index in [0.29, 0.717) is 9.79 Å². The molecule has 0 aliphatic heterocycles. The Bertz CT molecular complexity index is 791. The summed E-state index contributed by atoms with van der Waals surface area (Å²) in [5.41, 5.74) is 0.433. The van der Waals surface area contributed by atoms with Gasteiger partial charge in [0, 0.05) is 11.5 Å². The molecule has 138 valence electrons. The van der Waals surface area contributed by atoms with Gasteiger partial charge in [0.05, 0.1) is 56.7 Å². The van der Waals surface area contributed by atoms with Crippen LogP contribution in [0.2, 0.25) is 0 Å². The van der Waals surface area contributed by atoms with Crippen molar-refractivity contribution in [2.45, 2.75) is 9.79 Å². The standard InChI is InChI=1S/C18H18O6S2/c1-23-17(19)13-7-3-5-9-15(13)25(21)11-12-26(22)16-10-6-4-8-14(16)18(20)24-2/h3-10H,11-12H2,1-2H3. The second-order valence-corrected chi connectivity index (χ2v) is 8.15. The van der Waals surface area contributed by atoms with Gasteiger partial charge < -0.3 is 9.47 Å². The average molecular weight is 394 g/mol. The van der Waals surface area contributed by atoms with Gasteiger partial charge in [-0.3, -0.25) is 8.42 Å². The van der Waals surface area contributed by atoms with Crippen LogP contribution in [-0.4, -0.2) is 46.1 Å². The van der Waals surface area contributed by atoms with Crippen molar-refractivity contribution in [3.05, 3.63) is 59.7 Å². The van der Waals surface area contributed by atoms with Gasteiger partial charge >= 0.3 is 11.9 Å². The van der Waals surface area contributed by atoms with Crippen molar-refractivity contribution in [3.63, 3.8) is 0 Å². The van der Waals surface area contributed by atoms with Crippen LogP contribution in [0.4, 0.5) is 0 Å². The number of benzene rings is 2. The molecule has 0 aliphatic carbocycles. The van der Waals surface area contributed by atoms with Crippen molar-refractivity contribution in [1.82, 2.24) is 0 Å². The van der Waals surface area contributed by atoms with Crippen molar-refractivity contribution in [2.75, 3.05) is 25.7 Å². The van der Waals surface area contributed by atoms with Gasteiger partial charge in [0.1, 0.15) is 0 Å². The molecule has 0 aromatic heterocycles. The number of hydrogen-bond donors (Lipinski definition) is 0. The molecule has 26 heavy (non-hydrogen) atoms. The smallest absolute Gasteiger partial charge is 0.339 e. The molecule has 0 saturated heterocycles. The molecule has 2 rings (SSSR count). The van der Waals surface area contributed by atoms with E-state index in [1.54, 1.807) is 36.4 Å². The summed E-state index contributed by atoms with van der Waals surface area (Å²) >= 11 is 0. The molecule has 2 unspecified atom stereocenters. The van der Waals surface area contributed by atoms with Gasteiger partial charge in [0.25, 0.3) is 0 Å². The Morgan fingerprint density at radius 2 is 1.08 bits per heavy atom. The summed E-state index contributed by atoms with van der Waals surface area (Å²) < 4.78 is 34.5. The monoisotopic (exact) mass is 394 g/mol. The largest absolute Gasteiger partial charge is 0.465 e. The van der Waals surface area contributed by atoms with E-state index < -0.39 is 33.5 Å². The normalized spacial score (nSPS) is 12.8. The third-order valence-electron chi connectivity index (χ3n) is 3.53. The SMILES string of the molecule is COC(=O)c1ccccc1S(=O)CCS(=O)c1ccccc1C(=O)OC. The molecule has 0 bridgehead atoms. The Morgan fingerprint density at radius 1 is 0.731 bits per heavy atom. The second kappa shape index (κ2) is 9.40. The van der Waals surface area contributed by atoms with Gasteiger partial charge in [-0.2, -0.15) is 0 Å². The average Bonchev–Trinajstić information content (AvgIpc) is 2.70. The number of rotatable bonds is 7. The molecule has 0 spiro atoms. The van der Waals surface area contributed by atoms with E-state index in [1.807, 2.05) is 0 Å². The summed E-state index contributed by atoms with van der Waals surface area (Å²) in [7, 11) is -0.580. The highest BCUT2D eigenvalue weighted by Crippen LogP contribution is 2.18. The van der Waals surface area contributed by atoms with E-state index >= 15 is 0 Å². The number of carbonyl (C=O) groups excluding carboxylic acids is 2. The minimum atomic E-state index is -1.54. The predicted molar refractivity (Wildman–Crippen MR) is 98.1 cm³/mol. The molecule has 6 nitrogen and oxygen atoms in total. The zero-order chi connectivity index (χ0) is 19.1. The van der Waals surface area contributed by atoms with Gasteiger partial charge in [-0.25, -0.2) is 9.59 Å². The molecule has 0 saturated carbocycles. The predicted octanol–water partition coefficient (Wildman–Crippen LogP) is 2.18. The Hall–Kier alpha value is -2.32. The first-order valence-corrected chi connectivity index (χ1v) is 10.2. The summed E-state index contributed by atoms with van der Waals surface area (Å²) in [5.74, 6) is -1.02. The van der Waals surface area contributed by atoms with Crippen LogP contribution in [0.1, 0.15) is 20.7 Å². The van der Waals surface area contributed by atoms with E-state index in [4.69, 9.17) is 9.47 Å². The molecule has 0 aliphatic rings. The van der Waals surface area contributed by atoms with Crippen LogP contribution in [0.5, 0.6) is 0 Å². The molecule has 0 N–H and O–H groups in total. The first-order valence-electron chi connectivity index (χ1n) is 7.61. The Balaban J connectivity index is 2.15. The molecule has 8 heteroatoms. The lowest BCUT2D eigenvalue weighted by atomic mass is 10.2. The molecule has 0 heterocycles. The number of hydrogen-bond acceptors (Lipinski definition) is 6. The molecule has 2 aromatic rings. The maximum Gasteiger partial charge on any atom is 0.339 e. The Labute approximate surface area is 156 Å². The maximum atomic E-state index is 12.6. The second-order valence-electron chi connectivity index (χ2n) is 5.07. The van der Waals surface area contributed by atoms with Gasteiger partial charge in [-0.05, 0) is 24.3 Å². The van der Waals surface area contributed by atoms with Crippen LogP contribution in [0.25, 0.3) is 0 Å². The lowest BCUT2D eigenvalue weighted by Gasteiger charge is -2.09. The molecule has 2 aromatic carbocycles. The fraction of sp³-hybridized carbons (Fsp3) is 0.222. The third kappa shape index (κ3) is 4.64. The minimum absolute atomic E-state index is 0.0656. The number of carbonyl (C=O) groups is 2. The molecule has 0 fully saturated rings. The van der Waals surface area contributed by atoms with Gasteiger partial charge in [0.15, 0.2) is 0 Å². The van der Waals surface area contributed by atoms with E-state index in [-0.39, 0.29) is 22.6 Å². The van der Waals surface area contributed by atoms with Crippen molar-refractivity contribution in [3.8, 4) is 0 Å². The molecule has 0 amide bonds. The Kier molecular flexibility index (Phi) is 7.23. The third-order valence-corrected chi connectivity index (χ3v) is 6.63.